The number of carbonyl (C=O) groups is 1. The second-order valence-corrected chi connectivity index (χ2v) is 9.74. The summed E-state index contributed by atoms with van der Waals surface area (Å²) in [7, 11) is -3.79. The molecule has 1 saturated heterocycles. The number of nitro benzene ring substituents is 1. The number of fused-ring (bicyclic) bond motifs is 1. The summed E-state index contributed by atoms with van der Waals surface area (Å²) in [4.78, 5) is 27.6. The summed E-state index contributed by atoms with van der Waals surface area (Å²) < 4.78 is 32.5. The largest absolute Gasteiger partial charge is 0.368 e. The van der Waals surface area contributed by atoms with Crippen molar-refractivity contribution in [2.45, 2.75) is 36.8 Å². The average Bonchev–Trinajstić information content (AvgIpc) is 3.37. The molecule has 1 fully saturated rings. The summed E-state index contributed by atoms with van der Waals surface area (Å²) in [6.45, 7) is 0.958. The number of hydrogen-bond donors (Lipinski definition) is 1. The van der Waals surface area contributed by atoms with Crippen LogP contribution in [-0.2, 0) is 32.5 Å². The third kappa shape index (κ3) is 4.01. The molecular formula is C17H18N4O6S2. The standard InChI is InChI=1S/C17H18N4O6S2/c22-16(14-2-1-9-27-14)19-17-18-13-7-8-20(10-15(13)28-17)29(25,26)12-5-3-11(4-6-12)21(23)24/h3-6,14H,1-2,7-10H2,(H,18,19,22). The van der Waals surface area contributed by atoms with Crippen LogP contribution in [0.4, 0.5) is 10.8 Å². The van der Waals surface area contributed by atoms with Crippen LogP contribution in [0.15, 0.2) is 29.2 Å². The van der Waals surface area contributed by atoms with E-state index in [2.05, 4.69) is 10.3 Å². The molecule has 0 spiro atoms. The maximum atomic E-state index is 12.9. The van der Waals surface area contributed by atoms with E-state index in [1.165, 1.54) is 39.9 Å². The molecule has 2 aliphatic heterocycles. The molecule has 1 unspecified atom stereocenters. The smallest absolute Gasteiger partial charge is 0.269 e. The van der Waals surface area contributed by atoms with E-state index < -0.39 is 21.1 Å². The molecule has 1 aromatic carbocycles. The Kier molecular flexibility index (Phi) is 5.34. The molecule has 12 heteroatoms. The third-order valence-corrected chi connectivity index (χ3v) is 7.69. The number of nitro groups is 1. The van der Waals surface area contributed by atoms with Crippen molar-refractivity contribution in [2.75, 3.05) is 18.5 Å². The van der Waals surface area contributed by atoms with Crippen molar-refractivity contribution in [1.82, 2.24) is 9.29 Å². The normalized spacial score (nSPS) is 19.7. The molecule has 29 heavy (non-hydrogen) atoms. The van der Waals surface area contributed by atoms with Crippen molar-refractivity contribution in [3.63, 3.8) is 0 Å². The maximum absolute atomic E-state index is 12.9. The van der Waals surface area contributed by atoms with Gasteiger partial charge in [0.05, 0.1) is 22.1 Å². The molecule has 0 aliphatic carbocycles. The Bertz CT molecular complexity index is 1040. The van der Waals surface area contributed by atoms with Crippen LogP contribution in [0.5, 0.6) is 0 Å². The van der Waals surface area contributed by atoms with E-state index in [1.807, 2.05) is 0 Å². The summed E-state index contributed by atoms with van der Waals surface area (Å²) in [5.74, 6) is -0.232. The van der Waals surface area contributed by atoms with Crippen LogP contribution >= 0.6 is 11.3 Å². The molecule has 1 N–H and O–H groups in total. The van der Waals surface area contributed by atoms with Crippen molar-refractivity contribution in [2.24, 2.45) is 0 Å². The Morgan fingerprint density at radius 1 is 1.34 bits per heavy atom. The van der Waals surface area contributed by atoms with Gasteiger partial charge in [-0.25, -0.2) is 13.4 Å². The molecule has 0 saturated carbocycles. The number of rotatable bonds is 5. The second-order valence-electron chi connectivity index (χ2n) is 6.72. The SMILES string of the molecule is O=C(Nc1nc2c(s1)CN(S(=O)(=O)c1ccc([N+](=O)[O-])cc1)CC2)C1CCCO1. The van der Waals surface area contributed by atoms with Gasteiger partial charge in [0.25, 0.3) is 11.6 Å². The second kappa shape index (κ2) is 7.78. The van der Waals surface area contributed by atoms with E-state index >= 15 is 0 Å². The predicted octanol–water partition coefficient (Wildman–Crippen LogP) is 1.92. The highest BCUT2D eigenvalue weighted by Gasteiger charge is 2.31. The minimum Gasteiger partial charge on any atom is -0.368 e. The molecule has 2 aromatic rings. The Hall–Kier alpha value is -2.41. The van der Waals surface area contributed by atoms with Crippen molar-refractivity contribution < 1.29 is 22.9 Å². The quantitative estimate of drug-likeness (QED) is 0.557. The number of nitrogens with zero attached hydrogens (tertiary/aromatic N) is 3. The van der Waals surface area contributed by atoms with Crippen LogP contribution in [0.2, 0.25) is 0 Å². The lowest BCUT2D eigenvalue weighted by atomic mass is 10.2. The van der Waals surface area contributed by atoms with Crippen LogP contribution in [-0.4, -0.2) is 47.8 Å². The van der Waals surface area contributed by atoms with E-state index in [9.17, 15) is 23.3 Å². The van der Waals surface area contributed by atoms with Crippen molar-refractivity contribution in [3.05, 3.63) is 45.0 Å². The van der Waals surface area contributed by atoms with Crippen LogP contribution < -0.4 is 5.32 Å². The Morgan fingerprint density at radius 2 is 2.10 bits per heavy atom. The van der Waals surface area contributed by atoms with Crippen LogP contribution in [0.1, 0.15) is 23.4 Å². The van der Waals surface area contributed by atoms with Crippen LogP contribution in [0.25, 0.3) is 0 Å². The molecule has 1 atom stereocenters. The van der Waals surface area contributed by atoms with Crippen LogP contribution in [0, 0.1) is 10.1 Å². The van der Waals surface area contributed by atoms with Gasteiger partial charge in [-0.15, -0.1) is 11.3 Å². The molecule has 0 radical (unpaired) electrons. The van der Waals surface area contributed by atoms with Gasteiger partial charge < -0.3 is 4.74 Å². The van der Waals surface area contributed by atoms with Crippen LogP contribution in [0.3, 0.4) is 0 Å². The van der Waals surface area contributed by atoms with Gasteiger partial charge in [-0.05, 0) is 25.0 Å². The number of amides is 1. The van der Waals surface area contributed by atoms with E-state index in [4.69, 9.17) is 4.74 Å². The highest BCUT2D eigenvalue weighted by atomic mass is 32.2. The van der Waals surface area contributed by atoms with E-state index in [1.54, 1.807) is 0 Å². The minimum atomic E-state index is -3.79. The van der Waals surface area contributed by atoms with Crippen molar-refractivity contribution >= 4 is 38.1 Å². The predicted molar refractivity (Wildman–Crippen MR) is 104 cm³/mol. The zero-order valence-electron chi connectivity index (χ0n) is 15.2. The molecule has 1 aromatic heterocycles. The molecule has 10 nitrogen and oxygen atoms in total. The number of hydrogen-bond acceptors (Lipinski definition) is 8. The fourth-order valence-corrected chi connectivity index (χ4v) is 5.81. The highest BCUT2D eigenvalue weighted by Crippen LogP contribution is 2.31. The lowest BCUT2D eigenvalue weighted by molar-refractivity contribution is -0.384. The summed E-state index contributed by atoms with van der Waals surface area (Å²) in [6, 6.07) is 4.83. The number of sulfonamides is 1. The summed E-state index contributed by atoms with van der Waals surface area (Å²) >= 11 is 1.25. The van der Waals surface area contributed by atoms with Gasteiger partial charge >= 0.3 is 0 Å². The number of ether oxygens (including phenoxy) is 1. The number of non-ortho nitro benzene ring substituents is 1. The third-order valence-electron chi connectivity index (χ3n) is 4.83. The first kappa shape index (κ1) is 19.9. The molecular weight excluding hydrogens is 420 g/mol. The first-order valence-electron chi connectivity index (χ1n) is 9.00. The number of anilines is 1. The molecule has 1 amide bonds. The van der Waals surface area contributed by atoms with Gasteiger partial charge in [-0.2, -0.15) is 4.31 Å². The molecule has 3 heterocycles. The van der Waals surface area contributed by atoms with Gasteiger partial charge in [-0.1, -0.05) is 0 Å². The summed E-state index contributed by atoms with van der Waals surface area (Å²) in [5, 5.41) is 14.0. The number of thiazole rings is 1. The number of aromatic nitrogens is 1. The molecule has 2 aliphatic rings. The number of nitrogens with one attached hydrogen (secondary N) is 1. The lowest BCUT2D eigenvalue weighted by Crippen LogP contribution is -2.35. The summed E-state index contributed by atoms with van der Waals surface area (Å²) in [5.41, 5.74) is 0.603. The first-order chi connectivity index (χ1) is 13.8. The van der Waals surface area contributed by atoms with Gasteiger partial charge in [0.2, 0.25) is 10.0 Å². The van der Waals surface area contributed by atoms with E-state index in [0.717, 1.165) is 17.0 Å². The van der Waals surface area contributed by atoms with Crippen molar-refractivity contribution in [1.29, 1.82) is 0 Å². The van der Waals surface area contributed by atoms with Gasteiger partial charge in [0.15, 0.2) is 5.13 Å². The topological polar surface area (TPSA) is 132 Å². The minimum absolute atomic E-state index is 0.00275. The van der Waals surface area contributed by atoms with Crippen molar-refractivity contribution in [3.8, 4) is 0 Å². The monoisotopic (exact) mass is 438 g/mol. The highest BCUT2D eigenvalue weighted by molar-refractivity contribution is 7.89. The number of carbonyl (C=O) groups excluding carboxylic acids is 1. The Labute approximate surface area is 170 Å². The number of benzene rings is 1. The molecule has 154 valence electrons. The van der Waals surface area contributed by atoms with E-state index in [-0.39, 0.29) is 29.6 Å². The Morgan fingerprint density at radius 3 is 2.76 bits per heavy atom. The fourth-order valence-electron chi connectivity index (χ4n) is 3.29. The Balaban J connectivity index is 1.48. The average molecular weight is 438 g/mol. The van der Waals surface area contributed by atoms with Gasteiger partial charge in [0, 0.05) is 36.6 Å². The lowest BCUT2D eigenvalue weighted by Gasteiger charge is -2.25. The summed E-state index contributed by atoms with van der Waals surface area (Å²) in [6.07, 6.45) is 1.49. The zero-order chi connectivity index (χ0) is 20.6. The zero-order valence-corrected chi connectivity index (χ0v) is 16.9. The first-order valence-corrected chi connectivity index (χ1v) is 11.3. The van der Waals surface area contributed by atoms with Gasteiger partial charge in [0.1, 0.15) is 6.10 Å². The van der Waals surface area contributed by atoms with E-state index in [0.29, 0.717) is 24.6 Å². The maximum Gasteiger partial charge on any atom is 0.269 e. The fraction of sp³-hybridized carbons (Fsp3) is 0.412. The van der Waals surface area contributed by atoms with Gasteiger partial charge in [-0.3, -0.25) is 20.2 Å². The molecule has 4 rings (SSSR count). The molecule has 0 bridgehead atoms.